The summed E-state index contributed by atoms with van der Waals surface area (Å²) in [6.45, 7) is -0.858. The highest BCUT2D eigenvalue weighted by Gasteiger charge is 2.27. The van der Waals surface area contributed by atoms with Gasteiger partial charge in [-0.3, -0.25) is 0 Å². The Morgan fingerprint density at radius 1 is 1.37 bits per heavy atom. The SMILES string of the molecule is CNC(CCOCC(F)(F)F)c1ccc(COC)o1. The Morgan fingerprint density at radius 2 is 2.11 bits per heavy atom. The molecule has 1 aromatic heterocycles. The van der Waals surface area contributed by atoms with Crippen LogP contribution in [0.1, 0.15) is 24.0 Å². The number of ether oxygens (including phenoxy) is 2. The Labute approximate surface area is 109 Å². The van der Waals surface area contributed by atoms with Crippen LogP contribution < -0.4 is 5.32 Å². The summed E-state index contributed by atoms with van der Waals surface area (Å²) in [7, 11) is 3.27. The lowest BCUT2D eigenvalue weighted by Crippen LogP contribution is -2.21. The Hall–Kier alpha value is -1.05. The molecule has 7 heteroatoms. The summed E-state index contributed by atoms with van der Waals surface area (Å²) in [4.78, 5) is 0. The van der Waals surface area contributed by atoms with Crippen LogP contribution in [-0.2, 0) is 16.1 Å². The number of nitrogens with one attached hydrogen (secondary N) is 1. The van der Waals surface area contributed by atoms with Gasteiger partial charge in [0, 0.05) is 13.7 Å². The van der Waals surface area contributed by atoms with Gasteiger partial charge in [0.1, 0.15) is 24.7 Å². The van der Waals surface area contributed by atoms with E-state index in [1.165, 1.54) is 0 Å². The predicted molar refractivity (Wildman–Crippen MR) is 62.7 cm³/mol. The fourth-order valence-corrected chi connectivity index (χ4v) is 1.62. The second-order valence-corrected chi connectivity index (χ2v) is 4.03. The van der Waals surface area contributed by atoms with E-state index in [-0.39, 0.29) is 12.6 Å². The third kappa shape index (κ3) is 6.09. The molecule has 0 radical (unpaired) electrons. The Balaban J connectivity index is 2.39. The number of hydrogen-bond donors (Lipinski definition) is 1. The molecular formula is C12H18F3NO3. The van der Waals surface area contributed by atoms with Gasteiger partial charge in [-0.2, -0.15) is 13.2 Å². The van der Waals surface area contributed by atoms with Crippen LogP contribution in [0.25, 0.3) is 0 Å². The molecule has 1 heterocycles. The van der Waals surface area contributed by atoms with Gasteiger partial charge in [0.2, 0.25) is 0 Å². The zero-order valence-corrected chi connectivity index (χ0v) is 10.9. The highest BCUT2D eigenvalue weighted by Crippen LogP contribution is 2.21. The van der Waals surface area contributed by atoms with E-state index in [0.29, 0.717) is 24.5 Å². The topological polar surface area (TPSA) is 43.6 Å². The van der Waals surface area contributed by atoms with Gasteiger partial charge < -0.3 is 19.2 Å². The van der Waals surface area contributed by atoms with Crippen molar-refractivity contribution in [2.24, 2.45) is 0 Å². The first kappa shape index (κ1) is 16.0. The third-order valence-corrected chi connectivity index (χ3v) is 2.48. The average Bonchev–Trinajstić information content (AvgIpc) is 2.77. The summed E-state index contributed by atoms with van der Waals surface area (Å²) in [5.41, 5.74) is 0. The lowest BCUT2D eigenvalue weighted by Gasteiger charge is -2.14. The largest absolute Gasteiger partial charge is 0.462 e. The first-order valence-electron chi connectivity index (χ1n) is 5.85. The van der Waals surface area contributed by atoms with E-state index < -0.39 is 12.8 Å². The second kappa shape index (κ2) is 7.52. The molecule has 1 N–H and O–H groups in total. The van der Waals surface area contributed by atoms with Gasteiger partial charge in [-0.15, -0.1) is 0 Å². The number of methoxy groups -OCH3 is 1. The molecule has 0 saturated carbocycles. The molecule has 1 atom stereocenters. The molecule has 1 aromatic rings. The van der Waals surface area contributed by atoms with Crippen LogP contribution in [0.2, 0.25) is 0 Å². The fourth-order valence-electron chi connectivity index (χ4n) is 1.62. The Bertz CT molecular complexity index is 365. The molecule has 0 fully saturated rings. The minimum Gasteiger partial charge on any atom is -0.462 e. The first-order valence-corrected chi connectivity index (χ1v) is 5.85. The summed E-state index contributed by atoms with van der Waals surface area (Å²) < 4.78 is 50.7. The van der Waals surface area contributed by atoms with Gasteiger partial charge in [0.25, 0.3) is 0 Å². The van der Waals surface area contributed by atoms with Crippen LogP contribution in [0.3, 0.4) is 0 Å². The quantitative estimate of drug-likeness (QED) is 0.744. The van der Waals surface area contributed by atoms with E-state index in [9.17, 15) is 13.2 Å². The summed E-state index contributed by atoms with van der Waals surface area (Å²) in [6, 6.07) is 3.37. The van der Waals surface area contributed by atoms with Gasteiger partial charge in [0.05, 0.1) is 6.04 Å². The second-order valence-electron chi connectivity index (χ2n) is 4.03. The van der Waals surface area contributed by atoms with E-state index in [0.717, 1.165) is 0 Å². The van der Waals surface area contributed by atoms with Crippen LogP contribution >= 0.6 is 0 Å². The molecule has 1 unspecified atom stereocenters. The predicted octanol–water partition coefficient (Wildman–Crippen LogP) is 2.66. The van der Waals surface area contributed by atoms with Crippen LogP contribution in [0.15, 0.2) is 16.5 Å². The standard InChI is InChI=1S/C12H18F3NO3/c1-16-10(5-6-18-8-12(13,14)15)11-4-3-9(19-11)7-17-2/h3-4,10,16H,5-8H2,1-2H3. The van der Waals surface area contributed by atoms with Gasteiger partial charge in [-0.1, -0.05) is 0 Å². The molecule has 4 nitrogen and oxygen atoms in total. The molecule has 110 valence electrons. The van der Waals surface area contributed by atoms with Crippen LogP contribution in [-0.4, -0.2) is 33.5 Å². The van der Waals surface area contributed by atoms with E-state index in [1.807, 2.05) is 0 Å². The zero-order chi connectivity index (χ0) is 14.3. The van der Waals surface area contributed by atoms with E-state index in [1.54, 1.807) is 26.3 Å². The number of rotatable bonds is 8. The Morgan fingerprint density at radius 3 is 2.68 bits per heavy atom. The minimum absolute atomic E-state index is 0.00529. The van der Waals surface area contributed by atoms with Crippen molar-refractivity contribution in [1.29, 1.82) is 0 Å². The lowest BCUT2D eigenvalue weighted by molar-refractivity contribution is -0.174. The van der Waals surface area contributed by atoms with E-state index in [2.05, 4.69) is 10.1 Å². The maximum absolute atomic E-state index is 11.9. The molecule has 0 aliphatic rings. The smallest absolute Gasteiger partial charge is 0.411 e. The third-order valence-electron chi connectivity index (χ3n) is 2.48. The number of hydrogen-bond acceptors (Lipinski definition) is 4. The number of alkyl halides is 3. The molecule has 0 aromatic carbocycles. The van der Waals surface area contributed by atoms with Crippen LogP contribution in [0.5, 0.6) is 0 Å². The monoisotopic (exact) mass is 281 g/mol. The molecule has 0 aliphatic carbocycles. The van der Waals surface area contributed by atoms with Crippen molar-refractivity contribution in [3.05, 3.63) is 23.7 Å². The lowest BCUT2D eigenvalue weighted by atomic mass is 10.1. The highest BCUT2D eigenvalue weighted by molar-refractivity contribution is 5.10. The highest BCUT2D eigenvalue weighted by atomic mass is 19.4. The van der Waals surface area contributed by atoms with Crippen molar-refractivity contribution in [2.75, 3.05) is 27.4 Å². The summed E-state index contributed by atoms with van der Waals surface area (Å²) in [6.07, 6.45) is -3.89. The molecular weight excluding hydrogens is 263 g/mol. The molecule has 0 aliphatic heterocycles. The van der Waals surface area contributed by atoms with E-state index >= 15 is 0 Å². The summed E-state index contributed by atoms with van der Waals surface area (Å²) in [5, 5.41) is 2.98. The van der Waals surface area contributed by atoms with Crippen molar-refractivity contribution >= 4 is 0 Å². The van der Waals surface area contributed by atoms with Gasteiger partial charge >= 0.3 is 6.18 Å². The summed E-state index contributed by atoms with van der Waals surface area (Å²) in [5.74, 6) is 1.33. The minimum atomic E-state index is -4.29. The molecule has 0 spiro atoms. The van der Waals surface area contributed by atoms with Crippen molar-refractivity contribution < 1.29 is 27.1 Å². The summed E-state index contributed by atoms with van der Waals surface area (Å²) >= 11 is 0. The average molecular weight is 281 g/mol. The molecule has 19 heavy (non-hydrogen) atoms. The van der Waals surface area contributed by atoms with Crippen molar-refractivity contribution in [2.45, 2.75) is 25.2 Å². The van der Waals surface area contributed by atoms with Gasteiger partial charge in [-0.05, 0) is 25.6 Å². The molecule has 0 saturated heterocycles. The molecule has 0 bridgehead atoms. The van der Waals surface area contributed by atoms with Crippen LogP contribution in [0.4, 0.5) is 13.2 Å². The van der Waals surface area contributed by atoms with Crippen molar-refractivity contribution in [3.8, 4) is 0 Å². The number of furan rings is 1. The van der Waals surface area contributed by atoms with Crippen LogP contribution in [0, 0.1) is 0 Å². The maximum atomic E-state index is 11.9. The molecule has 1 rings (SSSR count). The normalized spacial score (nSPS) is 13.7. The maximum Gasteiger partial charge on any atom is 0.411 e. The van der Waals surface area contributed by atoms with Crippen molar-refractivity contribution in [3.63, 3.8) is 0 Å². The fraction of sp³-hybridized carbons (Fsp3) is 0.667. The number of halogens is 3. The van der Waals surface area contributed by atoms with Gasteiger partial charge in [-0.25, -0.2) is 0 Å². The van der Waals surface area contributed by atoms with E-state index in [4.69, 9.17) is 9.15 Å². The van der Waals surface area contributed by atoms with Crippen molar-refractivity contribution in [1.82, 2.24) is 5.32 Å². The van der Waals surface area contributed by atoms with Gasteiger partial charge in [0.15, 0.2) is 0 Å². The molecule has 0 amide bonds. The zero-order valence-electron chi connectivity index (χ0n) is 10.9. The Kier molecular flexibility index (Phi) is 6.33. The first-order chi connectivity index (χ1) is 8.96.